The first-order chi connectivity index (χ1) is 9.02. The molecule has 1 rings (SSSR count). The first kappa shape index (κ1) is 14.6. The summed E-state index contributed by atoms with van der Waals surface area (Å²) in [4.78, 5) is 33.2. The van der Waals surface area contributed by atoms with Crippen molar-refractivity contribution in [3.63, 3.8) is 0 Å². The van der Waals surface area contributed by atoms with Crippen molar-refractivity contribution in [1.82, 2.24) is 0 Å². The van der Waals surface area contributed by atoms with E-state index in [-0.39, 0.29) is 12.5 Å². The number of anilines is 1. The summed E-state index contributed by atoms with van der Waals surface area (Å²) in [5.41, 5.74) is 1.41. The van der Waals surface area contributed by atoms with Gasteiger partial charge in [0.1, 0.15) is 0 Å². The van der Waals surface area contributed by atoms with E-state index < -0.39 is 11.8 Å². The lowest BCUT2D eigenvalue weighted by Crippen LogP contribution is -2.14. The summed E-state index contributed by atoms with van der Waals surface area (Å²) in [5.74, 6) is -1.72. The number of carbonyl (C=O) groups is 3. The van der Waals surface area contributed by atoms with Gasteiger partial charge in [0, 0.05) is 12.6 Å². The lowest BCUT2D eigenvalue weighted by atomic mass is 10.2. The van der Waals surface area contributed by atoms with E-state index in [4.69, 9.17) is 0 Å². The average molecular weight is 261 g/mol. The van der Waals surface area contributed by atoms with E-state index in [1.807, 2.05) is 0 Å². The molecule has 0 heterocycles. The summed E-state index contributed by atoms with van der Waals surface area (Å²) >= 11 is 0. The van der Waals surface area contributed by atoms with Crippen LogP contribution < -0.4 is 5.32 Å². The van der Waals surface area contributed by atoms with E-state index in [1.54, 1.807) is 31.2 Å². The van der Waals surface area contributed by atoms with Crippen molar-refractivity contribution < 1.29 is 19.1 Å². The number of nitrogens with one attached hydrogen (secondary N) is 1. The van der Waals surface area contributed by atoms with Crippen molar-refractivity contribution in [2.24, 2.45) is 0 Å². The second-order valence-electron chi connectivity index (χ2n) is 3.72. The second-order valence-corrected chi connectivity index (χ2v) is 3.72. The molecule has 0 unspecified atom stereocenters. The Kier molecular flexibility index (Phi) is 5.47. The molecule has 1 N–H and O–H groups in total. The number of carbonyl (C=O) groups excluding carboxylic acids is 3. The Hall–Kier alpha value is -2.43. The van der Waals surface area contributed by atoms with Gasteiger partial charge in [0.15, 0.2) is 0 Å². The number of benzene rings is 1. The van der Waals surface area contributed by atoms with Crippen LogP contribution >= 0.6 is 0 Å². The van der Waals surface area contributed by atoms with Gasteiger partial charge in [0.05, 0.1) is 6.61 Å². The molecule has 1 amide bonds. The van der Waals surface area contributed by atoms with Gasteiger partial charge in [-0.15, -0.1) is 0 Å². The number of ether oxygens (including phenoxy) is 1. The fourth-order valence-corrected chi connectivity index (χ4v) is 1.32. The average Bonchev–Trinajstić information content (AvgIpc) is 2.37. The van der Waals surface area contributed by atoms with Gasteiger partial charge in [-0.25, -0.2) is 4.79 Å². The summed E-state index contributed by atoms with van der Waals surface area (Å²) in [6.07, 6.45) is 2.67. The normalized spacial score (nSPS) is 10.2. The number of hydrogen-bond donors (Lipinski definition) is 1. The molecule has 0 fully saturated rings. The van der Waals surface area contributed by atoms with E-state index >= 15 is 0 Å². The van der Waals surface area contributed by atoms with Crippen LogP contribution in [0, 0.1) is 0 Å². The van der Waals surface area contributed by atoms with E-state index in [2.05, 4.69) is 10.1 Å². The third-order valence-electron chi connectivity index (χ3n) is 2.13. The molecule has 0 aromatic heterocycles. The quantitative estimate of drug-likeness (QED) is 0.498. The molecule has 0 aliphatic rings. The zero-order valence-corrected chi connectivity index (χ0v) is 10.8. The summed E-state index contributed by atoms with van der Waals surface area (Å²) in [5, 5.41) is 2.63. The van der Waals surface area contributed by atoms with Crippen molar-refractivity contribution >= 4 is 29.4 Å². The monoisotopic (exact) mass is 261 g/mol. The molecule has 0 bridgehead atoms. The maximum atomic E-state index is 11.3. The van der Waals surface area contributed by atoms with Crippen LogP contribution in [0.2, 0.25) is 0 Å². The van der Waals surface area contributed by atoms with Gasteiger partial charge in [0.25, 0.3) is 5.78 Å². The van der Waals surface area contributed by atoms with Crippen molar-refractivity contribution in [1.29, 1.82) is 0 Å². The number of amides is 1. The van der Waals surface area contributed by atoms with Crippen molar-refractivity contribution in [3.05, 3.63) is 35.9 Å². The van der Waals surface area contributed by atoms with Gasteiger partial charge in [-0.1, -0.05) is 18.2 Å². The predicted molar refractivity (Wildman–Crippen MR) is 71.4 cm³/mol. The lowest BCUT2D eigenvalue weighted by Gasteiger charge is -2.01. The molecule has 5 heteroatoms. The van der Waals surface area contributed by atoms with Gasteiger partial charge >= 0.3 is 5.97 Å². The highest BCUT2D eigenvalue weighted by Gasteiger charge is 2.09. The number of hydrogen-bond acceptors (Lipinski definition) is 4. The first-order valence-corrected chi connectivity index (χ1v) is 5.79. The highest BCUT2D eigenvalue weighted by Crippen LogP contribution is 2.10. The number of rotatable bonds is 5. The summed E-state index contributed by atoms with van der Waals surface area (Å²) in [7, 11) is 0. The zero-order valence-electron chi connectivity index (χ0n) is 10.8. The van der Waals surface area contributed by atoms with Gasteiger partial charge < -0.3 is 10.1 Å². The van der Waals surface area contributed by atoms with E-state index in [0.717, 1.165) is 11.6 Å². The zero-order chi connectivity index (χ0) is 14.3. The molecule has 0 radical (unpaired) electrons. The molecule has 100 valence electrons. The van der Waals surface area contributed by atoms with Crippen LogP contribution in [0.3, 0.4) is 0 Å². The van der Waals surface area contributed by atoms with Gasteiger partial charge in [-0.3, -0.25) is 9.59 Å². The van der Waals surface area contributed by atoms with Gasteiger partial charge in [0.2, 0.25) is 5.91 Å². The van der Waals surface area contributed by atoms with Crippen molar-refractivity contribution in [2.45, 2.75) is 13.8 Å². The Morgan fingerprint density at radius 2 is 1.84 bits per heavy atom. The van der Waals surface area contributed by atoms with Crippen LogP contribution in [0.25, 0.3) is 6.08 Å². The van der Waals surface area contributed by atoms with E-state index in [0.29, 0.717) is 5.69 Å². The molecule has 0 saturated heterocycles. The SMILES string of the molecule is CCOC(=O)C(=O)C=Cc1ccc(NC(C)=O)cc1. The first-order valence-electron chi connectivity index (χ1n) is 5.79. The molecule has 19 heavy (non-hydrogen) atoms. The maximum Gasteiger partial charge on any atom is 0.379 e. The Morgan fingerprint density at radius 1 is 1.21 bits per heavy atom. The number of ketones is 1. The van der Waals surface area contributed by atoms with Crippen LogP contribution in [-0.2, 0) is 19.1 Å². The van der Waals surface area contributed by atoms with Crippen LogP contribution in [0.4, 0.5) is 5.69 Å². The minimum absolute atomic E-state index is 0.152. The highest BCUT2D eigenvalue weighted by molar-refractivity contribution is 6.39. The van der Waals surface area contributed by atoms with Gasteiger partial charge in [-0.2, -0.15) is 0 Å². The van der Waals surface area contributed by atoms with Crippen LogP contribution in [-0.4, -0.2) is 24.3 Å². The molecule has 5 nitrogen and oxygen atoms in total. The lowest BCUT2D eigenvalue weighted by molar-refractivity contribution is -0.151. The standard InChI is InChI=1S/C14H15NO4/c1-3-19-14(18)13(17)9-6-11-4-7-12(8-5-11)15-10(2)16/h4-9H,3H2,1-2H3,(H,15,16). The van der Waals surface area contributed by atoms with Crippen LogP contribution in [0.15, 0.2) is 30.3 Å². The smallest absolute Gasteiger partial charge is 0.379 e. The van der Waals surface area contributed by atoms with E-state index in [1.165, 1.54) is 13.0 Å². The topological polar surface area (TPSA) is 72.5 Å². The summed E-state index contributed by atoms with van der Waals surface area (Å²) < 4.78 is 4.57. The Labute approximate surface area is 111 Å². The molecule has 0 saturated carbocycles. The fraction of sp³-hybridized carbons (Fsp3) is 0.214. The Balaban J connectivity index is 2.64. The maximum absolute atomic E-state index is 11.3. The van der Waals surface area contributed by atoms with Crippen molar-refractivity contribution in [2.75, 3.05) is 11.9 Å². The molecular weight excluding hydrogens is 246 g/mol. The second kappa shape index (κ2) is 7.10. The molecular formula is C14H15NO4. The Bertz CT molecular complexity index is 503. The van der Waals surface area contributed by atoms with Crippen LogP contribution in [0.5, 0.6) is 0 Å². The fourth-order valence-electron chi connectivity index (χ4n) is 1.32. The highest BCUT2D eigenvalue weighted by atomic mass is 16.5. The van der Waals surface area contributed by atoms with Gasteiger partial charge in [-0.05, 0) is 30.7 Å². The molecule has 0 spiro atoms. The minimum Gasteiger partial charge on any atom is -0.460 e. The number of esters is 1. The molecule has 0 atom stereocenters. The summed E-state index contributed by atoms with van der Waals surface area (Å²) in [6.45, 7) is 3.23. The van der Waals surface area contributed by atoms with Crippen LogP contribution in [0.1, 0.15) is 19.4 Å². The van der Waals surface area contributed by atoms with Crippen molar-refractivity contribution in [3.8, 4) is 0 Å². The largest absolute Gasteiger partial charge is 0.460 e. The predicted octanol–water partition coefficient (Wildman–Crippen LogP) is 1.79. The molecule has 0 aliphatic carbocycles. The minimum atomic E-state index is -0.867. The molecule has 0 aliphatic heterocycles. The molecule has 1 aromatic rings. The summed E-state index contributed by atoms with van der Waals surface area (Å²) in [6, 6.07) is 6.85. The van der Waals surface area contributed by atoms with E-state index in [9.17, 15) is 14.4 Å². The molecule has 1 aromatic carbocycles. The Morgan fingerprint density at radius 3 is 2.37 bits per heavy atom. The third kappa shape index (κ3) is 5.16. The third-order valence-corrected chi connectivity index (χ3v) is 2.13.